The van der Waals surface area contributed by atoms with Gasteiger partial charge in [0.1, 0.15) is 17.8 Å². The number of rotatable bonds is 9. The van der Waals surface area contributed by atoms with Gasteiger partial charge in [0.2, 0.25) is 0 Å². The first kappa shape index (κ1) is 22.7. The summed E-state index contributed by atoms with van der Waals surface area (Å²) in [6.45, 7) is 8.89. The maximum Gasteiger partial charge on any atom is 0.335 e. The molecule has 0 amide bonds. The van der Waals surface area contributed by atoms with Gasteiger partial charge in [0, 0.05) is 29.3 Å². The lowest BCUT2D eigenvalue weighted by Gasteiger charge is -2.17. The fourth-order valence-electron chi connectivity index (χ4n) is 3.36. The van der Waals surface area contributed by atoms with E-state index in [9.17, 15) is 9.59 Å². The third-order valence-electron chi connectivity index (χ3n) is 4.93. The molecule has 8 nitrogen and oxygen atoms in total. The van der Waals surface area contributed by atoms with Gasteiger partial charge in [-0.1, -0.05) is 32.6 Å². The highest BCUT2D eigenvalue weighted by molar-refractivity contribution is 6.29. The number of carboxylic acid groups (broad SMARTS) is 1. The standard InChI is InChI=1S/C24H25N3O5/c1-14(2)12-27-13-25-26-23(27)19-10-18(20(31-4)11-21(19)32-5)15(3)22(28)16-6-8-17(9-7-16)24(29)30/h6-11,13-14H,3,12H2,1-2,4-5H3,(H,29,30). The van der Waals surface area contributed by atoms with Crippen LogP contribution in [0.25, 0.3) is 17.0 Å². The third kappa shape index (κ3) is 4.54. The molecule has 1 N–H and O–H groups in total. The maximum absolute atomic E-state index is 13.1. The molecular weight excluding hydrogens is 410 g/mol. The Balaban J connectivity index is 2.07. The molecule has 0 radical (unpaired) electrons. The lowest BCUT2D eigenvalue weighted by molar-refractivity contribution is 0.0696. The molecule has 0 saturated heterocycles. The monoisotopic (exact) mass is 435 g/mol. The minimum atomic E-state index is -1.06. The van der Waals surface area contributed by atoms with Crippen LogP contribution in [0, 0.1) is 5.92 Å². The first-order valence-electron chi connectivity index (χ1n) is 9.98. The molecule has 0 aliphatic rings. The lowest BCUT2D eigenvalue weighted by atomic mass is 9.95. The fourth-order valence-corrected chi connectivity index (χ4v) is 3.36. The number of methoxy groups -OCH3 is 2. The highest BCUT2D eigenvalue weighted by Crippen LogP contribution is 2.38. The number of aromatic nitrogens is 3. The largest absolute Gasteiger partial charge is 0.496 e. The van der Waals surface area contributed by atoms with E-state index in [4.69, 9.17) is 14.6 Å². The number of carbonyl (C=O) groups excluding carboxylic acids is 1. The molecule has 0 bridgehead atoms. The molecule has 8 heteroatoms. The summed E-state index contributed by atoms with van der Waals surface area (Å²) in [6, 6.07) is 9.14. The summed E-state index contributed by atoms with van der Waals surface area (Å²) in [4.78, 5) is 24.2. The van der Waals surface area contributed by atoms with Crippen molar-refractivity contribution in [3.8, 4) is 22.9 Å². The number of hydrogen-bond donors (Lipinski definition) is 1. The van der Waals surface area contributed by atoms with Crippen molar-refractivity contribution in [2.24, 2.45) is 5.92 Å². The number of hydrogen-bond acceptors (Lipinski definition) is 6. The van der Waals surface area contributed by atoms with Gasteiger partial charge in [-0.3, -0.25) is 4.79 Å². The number of carboxylic acids is 1. The second-order valence-corrected chi connectivity index (χ2v) is 7.64. The van der Waals surface area contributed by atoms with E-state index >= 15 is 0 Å². The van der Waals surface area contributed by atoms with Crippen LogP contribution in [-0.2, 0) is 6.54 Å². The molecule has 1 aromatic heterocycles. The fraction of sp³-hybridized carbons (Fsp3) is 0.250. The Bertz CT molecular complexity index is 1160. The zero-order valence-electron chi connectivity index (χ0n) is 18.5. The Kier molecular flexibility index (Phi) is 6.73. The average molecular weight is 435 g/mol. The molecule has 0 fully saturated rings. The predicted octanol–water partition coefficient (Wildman–Crippen LogP) is 4.21. The smallest absolute Gasteiger partial charge is 0.335 e. The molecule has 3 rings (SSSR count). The van der Waals surface area contributed by atoms with Gasteiger partial charge in [0.05, 0.1) is 25.3 Å². The van der Waals surface area contributed by atoms with Gasteiger partial charge in [0.25, 0.3) is 0 Å². The Morgan fingerprint density at radius 2 is 1.69 bits per heavy atom. The summed E-state index contributed by atoms with van der Waals surface area (Å²) >= 11 is 0. The van der Waals surface area contributed by atoms with Gasteiger partial charge in [-0.05, 0) is 24.1 Å². The molecule has 0 aliphatic heterocycles. The molecular formula is C24H25N3O5. The molecule has 0 unspecified atom stereocenters. The van der Waals surface area contributed by atoms with Crippen molar-refractivity contribution in [1.29, 1.82) is 0 Å². The van der Waals surface area contributed by atoms with Crippen molar-refractivity contribution in [1.82, 2.24) is 14.8 Å². The molecule has 0 saturated carbocycles. The Hall–Kier alpha value is -3.94. The second-order valence-electron chi connectivity index (χ2n) is 7.64. The minimum absolute atomic E-state index is 0.0981. The number of carbonyl (C=O) groups is 2. The Morgan fingerprint density at radius 3 is 2.25 bits per heavy atom. The van der Waals surface area contributed by atoms with Crippen LogP contribution in [0.15, 0.2) is 49.3 Å². The van der Waals surface area contributed by atoms with Gasteiger partial charge in [-0.2, -0.15) is 0 Å². The van der Waals surface area contributed by atoms with E-state index in [2.05, 4.69) is 30.6 Å². The molecule has 32 heavy (non-hydrogen) atoms. The van der Waals surface area contributed by atoms with Gasteiger partial charge in [-0.15, -0.1) is 10.2 Å². The van der Waals surface area contributed by atoms with Crippen LogP contribution in [0.3, 0.4) is 0 Å². The van der Waals surface area contributed by atoms with Crippen LogP contribution in [0.2, 0.25) is 0 Å². The first-order chi connectivity index (χ1) is 15.3. The van der Waals surface area contributed by atoms with Crippen molar-refractivity contribution < 1.29 is 24.2 Å². The van der Waals surface area contributed by atoms with Gasteiger partial charge in [-0.25, -0.2) is 4.79 Å². The van der Waals surface area contributed by atoms with Crippen molar-refractivity contribution in [2.75, 3.05) is 14.2 Å². The average Bonchev–Trinajstić information content (AvgIpc) is 3.24. The molecule has 166 valence electrons. The van der Waals surface area contributed by atoms with Crippen LogP contribution in [-0.4, -0.2) is 45.8 Å². The highest BCUT2D eigenvalue weighted by Gasteiger charge is 2.22. The molecule has 3 aromatic rings. The molecule has 0 spiro atoms. The summed E-state index contributed by atoms with van der Waals surface area (Å²) in [5, 5.41) is 17.4. The Morgan fingerprint density at radius 1 is 1.06 bits per heavy atom. The summed E-state index contributed by atoms with van der Waals surface area (Å²) < 4.78 is 13.0. The van der Waals surface area contributed by atoms with E-state index in [-0.39, 0.29) is 16.9 Å². The van der Waals surface area contributed by atoms with E-state index in [0.29, 0.717) is 46.5 Å². The molecule has 2 aromatic carbocycles. The van der Waals surface area contributed by atoms with Crippen LogP contribution >= 0.6 is 0 Å². The van der Waals surface area contributed by atoms with Gasteiger partial charge >= 0.3 is 5.97 Å². The van der Waals surface area contributed by atoms with Crippen LogP contribution < -0.4 is 9.47 Å². The second kappa shape index (κ2) is 9.47. The molecule has 0 atom stereocenters. The zero-order valence-corrected chi connectivity index (χ0v) is 18.5. The topological polar surface area (TPSA) is 104 Å². The summed E-state index contributed by atoms with van der Waals surface area (Å²) in [6.07, 6.45) is 1.66. The number of allylic oxidation sites excluding steroid dienone is 1. The minimum Gasteiger partial charge on any atom is -0.496 e. The highest BCUT2D eigenvalue weighted by atomic mass is 16.5. The van der Waals surface area contributed by atoms with Crippen LogP contribution in [0.4, 0.5) is 0 Å². The number of ether oxygens (including phenoxy) is 2. The predicted molar refractivity (Wildman–Crippen MR) is 120 cm³/mol. The summed E-state index contributed by atoms with van der Waals surface area (Å²) in [5.74, 6) is 0.509. The molecule has 0 aliphatic carbocycles. The Labute approximate surface area is 186 Å². The molecule has 1 heterocycles. The van der Waals surface area contributed by atoms with Gasteiger partial charge in [0.15, 0.2) is 11.6 Å². The number of Topliss-reactive ketones (excluding diaryl/α,β-unsaturated/α-hetero) is 1. The number of ketones is 1. The third-order valence-corrected chi connectivity index (χ3v) is 4.93. The quantitative estimate of drug-likeness (QED) is 0.396. The van der Waals surface area contributed by atoms with Crippen LogP contribution in [0.1, 0.15) is 40.1 Å². The van der Waals surface area contributed by atoms with Crippen molar-refractivity contribution in [3.63, 3.8) is 0 Å². The zero-order chi connectivity index (χ0) is 23.4. The van der Waals surface area contributed by atoms with E-state index in [1.807, 2.05) is 4.57 Å². The maximum atomic E-state index is 13.1. The van der Waals surface area contributed by atoms with Crippen molar-refractivity contribution in [3.05, 3.63) is 66.0 Å². The number of benzene rings is 2. The van der Waals surface area contributed by atoms with E-state index in [1.54, 1.807) is 25.6 Å². The number of aromatic carboxylic acids is 1. The first-order valence-corrected chi connectivity index (χ1v) is 9.98. The van der Waals surface area contributed by atoms with E-state index in [0.717, 1.165) is 0 Å². The van der Waals surface area contributed by atoms with Gasteiger partial charge < -0.3 is 19.1 Å². The lowest BCUT2D eigenvalue weighted by Crippen LogP contribution is -2.08. The van der Waals surface area contributed by atoms with E-state index in [1.165, 1.54) is 31.4 Å². The van der Waals surface area contributed by atoms with Crippen molar-refractivity contribution in [2.45, 2.75) is 20.4 Å². The number of nitrogens with zero attached hydrogens (tertiary/aromatic N) is 3. The summed E-state index contributed by atoms with van der Waals surface area (Å²) in [7, 11) is 3.05. The summed E-state index contributed by atoms with van der Waals surface area (Å²) in [5.41, 5.74) is 1.75. The van der Waals surface area contributed by atoms with Crippen LogP contribution in [0.5, 0.6) is 11.5 Å². The normalized spacial score (nSPS) is 10.8. The SMILES string of the molecule is C=C(C(=O)c1ccc(C(=O)O)cc1)c1cc(-c2nncn2CC(C)C)c(OC)cc1OC. The van der Waals surface area contributed by atoms with E-state index < -0.39 is 5.97 Å². The van der Waals surface area contributed by atoms with Crippen molar-refractivity contribution >= 4 is 17.3 Å².